The highest BCUT2D eigenvalue weighted by molar-refractivity contribution is 6.74. The topological polar surface area (TPSA) is 63.6 Å². The number of aliphatic carboxylic acids is 1. The van der Waals surface area contributed by atoms with Crippen molar-refractivity contribution in [1.82, 2.24) is 0 Å². The molecule has 0 bridgehead atoms. The van der Waals surface area contributed by atoms with E-state index >= 15 is 0 Å². The minimum absolute atomic E-state index is 0.187. The summed E-state index contributed by atoms with van der Waals surface area (Å²) in [6, 6.07) is 0. The second kappa shape index (κ2) is 6.61. The molecule has 122 valence electrons. The molecule has 0 aromatic rings. The smallest absolute Gasteiger partial charge is 0.372 e. The van der Waals surface area contributed by atoms with Gasteiger partial charge in [0.15, 0.2) is 8.32 Å². The average molecular weight is 314 g/mol. The first-order chi connectivity index (χ1) is 9.45. The Morgan fingerprint density at radius 1 is 1.14 bits per heavy atom. The van der Waals surface area contributed by atoms with Crippen LogP contribution in [0.5, 0.6) is 0 Å². The lowest BCUT2D eigenvalue weighted by Gasteiger charge is -2.41. The van der Waals surface area contributed by atoms with Gasteiger partial charge in [-0.3, -0.25) is 4.79 Å². The molecule has 0 saturated heterocycles. The fraction of sp³-hybridized carbons (Fsp3) is 0.875. The molecular weight excluding hydrogens is 284 g/mol. The maximum absolute atomic E-state index is 11.5. The second-order valence-corrected chi connectivity index (χ2v) is 12.6. The van der Waals surface area contributed by atoms with E-state index in [2.05, 4.69) is 40.8 Å². The van der Waals surface area contributed by atoms with E-state index in [0.717, 1.165) is 12.8 Å². The van der Waals surface area contributed by atoms with Gasteiger partial charge in [-0.05, 0) is 56.7 Å². The first kappa shape index (κ1) is 18.4. The molecule has 0 heterocycles. The quantitative estimate of drug-likeness (QED) is 0.618. The number of rotatable bonds is 5. The third kappa shape index (κ3) is 4.64. The van der Waals surface area contributed by atoms with Gasteiger partial charge >= 0.3 is 5.97 Å². The average Bonchev–Trinajstić information content (AvgIpc) is 2.36. The number of carboxylic acid groups (broad SMARTS) is 1. The van der Waals surface area contributed by atoms with Gasteiger partial charge in [0.05, 0.1) is 0 Å². The summed E-state index contributed by atoms with van der Waals surface area (Å²) in [5.74, 6) is -1.76. The number of carbonyl (C=O) groups is 2. The summed E-state index contributed by atoms with van der Waals surface area (Å²) >= 11 is 0. The molecule has 0 radical (unpaired) electrons. The summed E-state index contributed by atoms with van der Waals surface area (Å²) in [5.41, 5.74) is 0. The number of carbonyl (C=O) groups excluding carboxylic acids is 1. The molecule has 0 aromatic carbocycles. The minimum Gasteiger partial charge on any atom is -0.475 e. The summed E-state index contributed by atoms with van der Waals surface area (Å²) in [4.78, 5) is 22.3. The van der Waals surface area contributed by atoms with Crippen molar-refractivity contribution in [1.29, 1.82) is 0 Å². The highest BCUT2D eigenvalue weighted by atomic mass is 28.4. The highest BCUT2D eigenvalue weighted by Gasteiger charge is 2.40. The zero-order chi connectivity index (χ0) is 16.4. The van der Waals surface area contributed by atoms with Gasteiger partial charge in [-0.15, -0.1) is 0 Å². The van der Waals surface area contributed by atoms with Crippen LogP contribution in [0.2, 0.25) is 18.1 Å². The number of carboxylic acids is 1. The number of hydrogen-bond acceptors (Lipinski definition) is 3. The van der Waals surface area contributed by atoms with Crippen LogP contribution in [0, 0.1) is 11.8 Å². The molecule has 0 spiro atoms. The van der Waals surface area contributed by atoms with Crippen LogP contribution >= 0.6 is 0 Å². The Morgan fingerprint density at radius 3 is 2.00 bits per heavy atom. The lowest BCUT2D eigenvalue weighted by Crippen LogP contribution is -2.45. The molecule has 1 fully saturated rings. The molecule has 4 nitrogen and oxygen atoms in total. The minimum atomic E-state index is -1.77. The van der Waals surface area contributed by atoms with Crippen molar-refractivity contribution in [3.8, 4) is 0 Å². The van der Waals surface area contributed by atoms with Crippen LogP contribution in [0.25, 0.3) is 0 Å². The SMILES string of the molecule is CC(O[Si](C)(C)C(C)(C)C)C1CCC(C(=O)C(=O)O)CC1. The van der Waals surface area contributed by atoms with E-state index in [0.29, 0.717) is 18.8 Å². The van der Waals surface area contributed by atoms with E-state index < -0.39 is 20.1 Å². The third-order valence-corrected chi connectivity index (χ3v) is 9.88. The maximum atomic E-state index is 11.5. The largest absolute Gasteiger partial charge is 0.475 e. The van der Waals surface area contributed by atoms with Crippen molar-refractivity contribution in [3.63, 3.8) is 0 Å². The molecule has 21 heavy (non-hydrogen) atoms. The van der Waals surface area contributed by atoms with E-state index in [4.69, 9.17) is 9.53 Å². The molecule has 1 saturated carbocycles. The molecule has 1 aliphatic carbocycles. The lowest BCUT2D eigenvalue weighted by molar-refractivity contribution is -0.151. The van der Waals surface area contributed by atoms with Gasteiger partial charge < -0.3 is 9.53 Å². The summed E-state index contributed by atoms with van der Waals surface area (Å²) in [6.45, 7) is 13.3. The fourth-order valence-corrected chi connectivity index (χ4v) is 4.24. The Bertz CT molecular complexity index is 390. The van der Waals surface area contributed by atoms with E-state index in [1.807, 2.05) is 0 Å². The standard InChI is InChI=1S/C16H30O4Si/c1-11(20-21(5,6)16(2,3)4)12-7-9-13(10-8-12)14(17)15(18)19/h11-13H,7-10H2,1-6H3,(H,18,19). The van der Waals surface area contributed by atoms with Gasteiger partial charge in [0, 0.05) is 12.0 Å². The molecule has 1 atom stereocenters. The van der Waals surface area contributed by atoms with Crippen molar-refractivity contribution in [2.45, 2.75) is 77.6 Å². The molecule has 0 amide bonds. The Balaban J connectivity index is 2.55. The predicted molar refractivity (Wildman–Crippen MR) is 85.8 cm³/mol. The van der Waals surface area contributed by atoms with E-state index in [9.17, 15) is 9.59 Å². The summed E-state index contributed by atoms with van der Waals surface area (Å²) in [5, 5.41) is 8.98. The molecule has 1 unspecified atom stereocenters. The summed E-state index contributed by atoms with van der Waals surface area (Å²) < 4.78 is 6.42. The van der Waals surface area contributed by atoms with Crippen molar-refractivity contribution in [2.75, 3.05) is 0 Å². The molecule has 0 aliphatic heterocycles. The molecular formula is C16H30O4Si. The fourth-order valence-electron chi connectivity index (χ4n) is 2.76. The highest BCUT2D eigenvalue weighted by Crippen LogP contribution is 2.40. The van der Waals surface area contributed by atoms with Crippen molar-refractivity contribution in [3.05, 3.63) is 0 Å². The lowest BCUT2D eigenvalue weighted by atomic mass is 9.78. The van der Waals surface area contributed by atoms with Crippen LogP contribution in [0.3, 0.4) is 0 Å². The third-order valence-electron chi connectivity index (χ3n) is 5.30. The number of Topliss-reactive ketones (excluding diaryl/α,β-unsaturated/α-hetero) is 1. The normalized spacial score (nSPS) is 25.4. The molecule has 1 N–H and O–H groups in total. The van der Waals surface area contributed by atoms with E-state index in [1.165, 1.54) is 0 Å². The summed E-state index contributed by atoms with van der Waals surface area (Å²) in [6.07, 6.45) is 3.33. The van der Waals surface area contributed by atoms with Crippen LogP contribution in [0.15, 0.2) is 0 Å². The molecule has 1 rings (SSSR count). The van der Waals surface area contributed by atoms with Crippen LogP contribution in [0.4, 0.5) is 0 Å². The van der Waals surface area contributed by atoms with Gasteiger partial charge in [-0.2, -0.15) is 0 Å². The Kier molecular flexibility index (Phi) is 5.78. The zero-order valence-electron chi connectivity index (χ0n) is 14.2. The maximum Gasteiger partial charge on any atom is 0.372 e. The zero-order valence-corrected chi connectivity index (χ0v) is 15.2. The van der Waals surface area contributed by atoms with Gasteiger partial charge in [-0.25, -0.2) is 4.79 Å². The Morgan fingerprint density at radius 2 is 1.62 bits per heavy atom. The van der Waals surface area contributed by atoms with Crippen molar-refractivity contribution in [2.24, 2.45) is 11.8 Å². The van der Waals surface area contributed by atoms with Crippen LogP contribution < -0.4 is 0 Å². The van der Waals surface area contributed by atoms with Gasteiger partial charge in [0.1, 0.15) is 0 Å². The number of ketones is 1. The second-order valence-electron chi connectivity index (χ2n) is 7.86. The van der Waals surface area contributed by atoms with Gasteiger partial charge in [-0.1, -0.05) is 20.8 Å². The summed E-state index contributed by atoms with van der Waals surface area (Å²) in [7, 11) is -1.77. The predicted octanol–water partition coefficient (Wildman–Crippen LogP) is 3.86. The van der Waals surface area contributed by atoms with Crippen LogP contribution in [-0.2, 0) is 14.0 Å². The first-order valence-electron chi connectivity index (χ1n) is 7.90. The van der Waals surface area contributed by atoms with Crippen LogP contribution in [-0.4, -0.2) is 31.3 Å². The Labute approximate surface area is 129 Å². The molecule has 1 aliphatic rings. The molecule has 5 heteroatoms. The van der Waals surface area contributed by atoms with Gasteiger partial charge in [0.2, 0.25) is 5.78 Å². The van der Waals surface area contributed by atoms with Crippen molar-refractivity contribution < 1.29 is 19.1 Å². The van der Waals surface area contributed by atoms with Crippen LogP contribution in [0.1, 0.15) is 53.4 Å². The molecule has 0 aromatic heterocycles. The van der Waals surface area contributed by atoms with Crippen molar-refractivity contribution >= 4 is 20.1 Å². The number of hydrogen-bond donors (Lipinski definition) is 1. The first-order valence-corrected chi connectivity index (χ1v) is 10.8. The van der Waals surface area contributed by atoms with E-state index in [-0.39, 0.29) is 17.1 Å². The monoisotopic (exact) mass is 314 g/mol. The van der Waals surface area contributed by atoms with E-state index in [1.54, 1.807) is 0 Å². The van der Waals surface area contributed by atoms with Gasteiger partial charge in [0.25, 0.3) is 0 Å². The Hall–Kier alpha value is -0.683.